The number of likely N-dealkylation sites (tertiary alicyclic amines) is 1. The Hall–Kier alpha value is -0.120. The van der Waals surface area contributed by atoms with E-state index in [2.05, 4.69) is 20.8 Å². The highest BCUT2D eigenvalue weighted by molar-refractivity contribution is 9.09. The molecule has 1 unspecified atom stereocenters. The zero-order valence-electron chi connectivity index (χ0n) is 8.22. The van der Waals surface area contributed by atoms with Crippen LogP contribution in [-0.2, 0) is 6.54 Å². The van der Waals surface area contributed by atoms with Gasteiger partial charge < -0.3 is 0 Å². The Balaban J connectivity index is 2.07. The fraction of sp³-hybridized carbons (Fsp3) is 0.455. The van der Waals surface area contributed by atoms with Gasteiger partial charge in [0, 0.05) is 22.9 Å². The van der Waals surface area contributed by atoms with Crippen LogP contribution in [0.5, 0.6) is 0 Å². The maximum absolute atomic E-state index is 13.0. The van der Waals surface area contributed by atoms with Crippen LogP contribution < -0.4 is 0 Å². The second-order valence-electron chi connectivity index (χ2n) is 3.86. The van der Waals surface area contributed by atoms with Crippen LogP contribution in [0.3, 0.4) is 0 Å². The van der Waals surface area contributed by atoms with Crippen molar-refractivity contribution in [1.82, 2.24) is 4.90 Å². The van der Waals surface area contributed by atoms with E-state index < -0.39 is 0 Å². The van der Waals surface area contributed by atoms with Gasteiger partial charge in [-0.15, -0.1) is 0 Å². The van der Waals surface area contributed by atoms with Gasteiger partial charge in [-0.2, -0.15) is 0 Å². The summed E-state index contributed by atoms with van der Waals surface area (Å²) < 4.78 is 13.0. The molecule has 4 heteroatoms. The molecule has 0 N–H and O–H groups in total. The first-order chi connectivity index (χ1) is 7.15. The van der Waals surface area contributed by atoms with E-state index in [-0.39, 0.29) is 5.82 Å². The van der Waals surface area contributed by atoms with E-state index in [0.29, 0.717) is 9.85 Å². The molecule has 1 atom stereocenters. The van der Waals surface area contributed by atoms with Gasteiger partial charge in [0.2, 0.25) is 0 Å². The Morgan fingerprint density at radius 2 is 2.33 bits per heavy atom. The molecule has 15 heavy (non-hydrogen) atoms. The average Bonchev–Trinajstić information content (AvgIpc) is 2.58. The fourth-order valence-electron chi connectivity index (χ4n) is 1.83. The van der Waals surface area contributed by atoms with Crippen LogP contribution in [0.25, 0.3) is 0 Å². The zero-order chi connectivity index (χ0) is 10.8. The molecule has 0 saturated carbocycles. The Labute approximate surface area is 102 Å². The van der Waals surface area contributed by atoms with E-state index in [4.69, 9.17) is 11.6 Å². The Morgan fingerprint density at radius 3 is 3.00 bits per heavy atom. The third kappa shape index (κ3) is 2.92. The van der Waals surface area contributed by atoms with Crippen molar-refractivity contribution in [2.75, 3.05) is 13.1 Å². The number of benzene rings is 1. The molecule has 0 aliphatic carbocycles. The summed E-state index contributed by atoms with van der Waals surface area (Å²) in [6.45, 7) is 2.79. The van der Waals surface area contributed by atoms with Crippen LogP contribution in [0.15, 0.2) is 18.2 Å². The quantitative estimate of drug-likeness (QED) is 0.755. The lowest BCUT2D eigenvalue weighted by Crippen LogP contribution is -2.20. The first kappa shape index (κ1) is 11.4. The summed E-state index contributed by atoms with van der Waals surface area (Å²) in [6.07, 6.45) is 1.15. The van der Waals surface area contributed by atoms with Gasteiger partial charge >= 0.3 is 0 Å². The van der Waals surface area contributed by atoms with Gasteiger partial charge in [0.25, 0.3) is 0 Å². The third-order valence-electron chi connectivity index (χ3n) is 2.62. The van der Waals surface area contributed by atoms with E-state index in [1.165, 1.54) is 12.1 Å². The van der Waals surface area contributed by atoms with E-state index in [0.717, 1.165) is 31.6 Å². The van der Waals surface area contributed by atoms with Gasteiger partial charge in [-0.05, 0) is 36.7 Å². The second kappa shape index (κ2) is 4.81. The Morgan fingerprint density at radius 1 is 1.53 bits per heavy atom. The van der Waals surface area contributed by atoms with Crippen molar-refractivity contribution in [3.8, 4) is 0 Å². The average molecular weight is 293 g/mol. The van der Waals surface area contributed by atoms with Gasteiger partial charge in [-0.25, -0.2) is 4.39 Å². The smallest absolute Gasteiger partial charge is 0.123 e. The number of hydrogen-bond donors (Lipinski definition) is 0. The van der Waals surface area contributed by atoms with Crippen molar-refractivity contribution >= 4 is 27.5 Å². The predicted molar refractivity (Wildman–Crippen MR) is 64.0 cm³/mol. The van der Waals surface area contributed by atoms with Crippen LogP contribution in [0, 0.1) is 5.82 Å². The molecule has 1 heterocycles. The molecule has 0 radical (unpaired) electrons. The van der Waals surface area contributed by atoms with Crippen LogP contribution in [0.4, 0.5) is 4.39 Å². The standard InChI is InChI=1S/C11H12BrClFN/c12-9-3-4-15(7-9)6-8-5-10(14)1-2-11(8)13/h1-2,5,9H,3-4,6-7H2. The lowest BCUT2D eigenvalue weighted by atomic mass is 10.2. The number of halogens is 3. The molecule has 2 rings (SSSR count). The summed E-state index contributed by atoms with van der Waals surface area (Å²) in [5.41, 5.74) is 0.873. The van der Waals surface area contributed by atoms with E-state index in [1.807, 2.05) is 0 Å². The van der Waals surface area contributed by atoms with Crippen molar-refractivity contribution in [3.05, 3.63) is 34.6 Å². The minimum Gasteiger partial charge on any atom is -0.298 e. The SMILES string of the molecule is Fc1ccc(Cl)c(CN2CCC(Br)C2)c1. The molecule has 0 bridgehead atoms. The predicted octanol–water partition coefficient (Wildman–Crippen LogP) is 3.45. The molecular formula is C11H12BrClFN. The maximum Gasteiger partial charge on any atom is 0.123 e. The summed E-state index contributed by atoms with van der Waals surface area (Å²) in [5, 5.41) is 0.648. The molecule has 1 aromatic carbocycles. The first-order valence-corrected chi connectivity index (χ1v) is 6.25. The molecular weight excluding hydrogens is 280 g/mol. The summed E-state index contributed by atoms with van der Waals surface area (Å²) in [4.78, 5) is 2.84. The summed E-state index contributed by atoms with van der Waals surface area (Å²) in [7, 11) is 0. The normalized spacial score (nSPS) is 22.2. The molecule has 82 valence electrons. The number of nitrogens with zero attached hydrogens (tertiary/aromatic N) is 1. The molecule has 1 saturated heterocycles. The molecule has 0 aromatic heterocycles. The molecule has 0 amide bonds. The molecule has 1 aliphatic heterocycles. The van der Waals surface area contributed by atoms with Gasteiger partial charge in [0.15, 0.2) is 0 Å². The van der Waals surface area contributed by atoms with Crippen LogP contribution in [-0.4, -0.2) is 22.8 Å². The number of hydrogen-bond acceptors (Lipinski definition) is 1. The Bertz CT molecular complexity index is 358. The van der Waals surface area contributed by atoms with E-state index in [9.17, 15) is 4.39 Å². The lowest BCUT2D eigenvalue weighted by molar-refractivity contribution is 0.332. The van der Waals surface area contributed by atoms with Gasteiger partial charge in [-0.1, -0.05) is 27.5 Å². The topological polar surface area (TPSA) is 3.24 Å². The lowest BCUT2D eigenvalue weighted by Gasteiger charge is -2.15. The molecule has 0 spiro atoms. The molecule has 1 nitrogen and oxygen atoms in total. The number of alkyl halides is 1. The van der Waals surface area contributed by atoms with Crippen LogP contribution in [0.2, 0.25) is 5.02 Å². The summed E-state index contributed by atoms with van der Waals surface area (Å²) in [5.74, 6) is -0.219. The second-order valence-corrected chi connectivity index (χ2v) is 5.56. The Kier molecular flexibility index (Phi) is 3.65. The molecule has 1 fully saturated rings. The summed E-state index contributed by atoms with van der Waals surface area (Å²) >= 11 is 9.58. The van der Waals surface area contributed by atoms with Gasteiger partial charge in [-0.3, -0.25) is 4.90 Å². The third-order valence-corrected chi connectivity index (χ3v) is 3.73. The van der Waals surface area contributed by atoms with Gasteiger partial charge in [0.05, 0.1) is 0 Å². The zero-order valence-corrected chi connectivity index (χ0v) is 10.6. The van der Waals surface area contributed by atoms with Crippen LogP contribution >= 0.6 is 27.5 Å². The van der Waals surface area contributed by atoms with Gasteiger partial charge in [0.1, 0.15) is 5.82 Å². The van der Waals surface area contributed by atoms with Crippen molar-refractivity contribution < 1.29 is 4.39 Å². The number of rotatable bonds is 2. The van der Waals surface area contributed by atoms with Crippen molar-refractivity contribution in [3.63, 3.8) is 0 Å². The highest BCUT2D eigenvalue weighted by atomic mass is 79.9. The highest BCUT2D eigenvalue weighted by Gasteiger charge is 2.20. The molecule has 1 aromatic rings. The first-order valence-electron chi connectivity index (χ1n) is 4.95. The van der Waals surface area contributed by atoms with Crippen molar-refractivity contribution in [2.45, 2.75) is 17.8 Å². The minimum atomic E-state index is -0.219. The van der Waals surface area contributed by atoms with E-state index in [1.54, 1.807) is 6.07 Å². The minimum absolute atomic E-state index is 0.219. The maximum atomic E-state index is 13.0. The largest absolute Gasteiger partial charge is 0.298 e. The van der Waals surface area contributed by atoms with Crippen molar-refractivity contribution in [2.24, 2.45) is 0 Å². The summed E-state index contributed by atoms with van der Waals surface area (Å²) in [6, 6.07) is 4.53. The monoisotopic (exact) mass is 291 g/mol. The molecule has 1 aliphatic rings. The highest BCUT2D eigenvalue weighted by Crippen LogP contribution is 2.23. The fourth-order valence-corrected chi connectivity index (χ4v) is 2.63. The van der Waals surface area contributed by atoms with Crippen molar-refractivity contribution in [1.29, 1.82) is 0 Å². The van der Waals surface area contributed by atoms with E-state index >= 15 is 0 Å². The van der Waals surface area contributed by atoms with Crippen LogP contribution in [0.1, 0.15) is 12.0 Å².